The van der Waals surface area contributed by atoms with Crippen LogP contribution < -0.4 is 21.3 Å². The molecule has 0 saturated heterocycles. The number of alkyl halides is 6. The van der Waals surface area contributed by atoms with E-state index in [0.29, 0.717) is 43.0 Å². The lowest BCUT2D eigenvalue weighted by molar-refractivity contribution is -0.137. The van der Waals surface area contributed by atoms with Crippen LogP contribution in [-0.2, 0) is 12.7 Å². The molecule has 0 fully saturated rings. The molecule has 0 unspecified atom stereocenters. The van der Waals surface area contributed by atoms with Crippen molar-refractivity contribution in [2.45, 2.75) is 32.4 Å². The number of H-pyrrole nitrogens is 2. The highest BCUT2D eigenvalue weighted by Crippen LogP contribution is 2.35. The number of thiazole rings is 2. The molecule has 1 atom stereocenters. The maximum absolute atomic E-state index is 13.0. The number of aromatic nitrogens is 11. The van der Waals surface area contributed by atoms with Crippen LogP contribution in [0.25, 0.3) is 22.1 Å². The normalized spacial score (nSPS) is 11.6. The summed E-state index contributed by atoms with van der Waals surface area (Å²) in [6.07, 6.45) is 4.27. The second kappa shape index (κ2) is 19.1. The molecule has 7 aromatic heterocycles. The number of rotatable bonds is 9. The van der Waals surface area contributed by atoms with Crippen molar-refractivity contribution in [1.82, 2.24) is 71.2 Å². The van der Waals surface area contributed by atoms with Crippen molar-refractivity contribution in [2.75, 3.05) is 12.4 Å². The Hall–Kier alpha value is -6.74. The molecule has 7 aromatic rings. The summed E-state index contributed by atoms with van der Waals surface area (Å²) in [6.45, 7) is -1.88. The molecule has 0 aromatic carbocycles. The van der Waals surface area contributed by atoms with E-state index in [0.717, 1.165) is 17.5 Å². The number of carbonyl (C=O) groups excluding carboxylic acids is 4. The first-order valence-corrected chi connectivity index (χ1v) is 18.0. The highest BCUT2D eigenvalue weighted by molar-refractivity contribution is 7.14. The first-order valence-electron chi connectivity index (χ1n) is 16.0. The molecule has 0 aliphatic heterocycles. The van der Waals surface area contributed by atoms with Gasteiger partial charge in [0.1, 0.15) is 49.6 Å². The largest absolute Gasteiger partial charge is 0.418 e. The Balaban J connectivity index is 0.000000215. The minimum Gasteiger partial charge on any atom is -0.354 e. The monoisotopic (exact) mass is 883 g/mol. The van der Waals surface area contributed by atoms with Crippen molar-refractivity contribution >= 4 is 85.8 Å². The van der Waals surface area contributed by atoms with E-state index in [1.807, 2.05) is 0 Å². The average Bonchev–Trinajstić information content (AvgIpc) is 4.04. The van der Waals surface area contributed by atoms with Crippen molar-refractivity contribution in [1.29, 1.82) is 0 Å². The van der Waals surface area contributed by atoms with E-state index in [1.165, 1.54) is 48.8 Å². The number of nitrogens with one attached hydrogen (secondary N) is 6. The zero-order chi connectivity index (χ0) is 42.9. The minimum atomic E-state index is -4.69. The Bertz CT molecular complexity index is 2600. The Morgan fingerprint density at radius 1 is 0.763 bits per heavy atom. The molecule has 0 radical (unpaired) electrons. The van der Waals surface area contributed by atoms with Gasteiger partial charge in [0.2, 0.25) is 0 Å². The second-order valence-electron chi connectivity index (χ2n) is 11.1. The number of amides is 4. The third kappa shape index (κ3) is 11.2. The SMILES string of the molecule is CNC(=O)c1cnc([C@H](C)NC(=O)c2ncnc3[nH]ncc23)s1.FC(F)F.O=C(Nc1cc(C(F)(F)F)c(Cl)cn1)c1cnc(CNC(=O)c2ncnc3[nH]ncc23)s1. The van der Waals surface area contributed by atoms with Gasteiger partial charge in [-0.05, 0) is 13.0 Å². The molecule has 19 nitrogen and oxygen atoms in total. The van der Waals surface area contributed by atoms with Crippen LogP contribution >= 0.6 is 34.3 Å². The van der Waals surface area contributed by atoms with Gasteiger partial charge >= 0.3 is 12.9 Å². The van der Waals surface area contributed by atoms with E-state index >= 15 is 0 Å². The van der Waals surface area contributed by atoms with Crippen LogP contribution in [0.2, 0.25) is 5.02 Å². The molecule has 59 heavy (non-hydrogen) atoms. The lowest BCUT2D eigenvalue weighted by atomic mass is 10.2. The number of nitrogens with zero attached hydrogens (tertiary/aromatic N) is 9. The lowest BCUT2D eigenvalue weighted by Crippen LogP contribution is -2.27. The van der Waals surface area contributed by atoms with Gasteiger partial charge in [-0.3, -0.25) is 29.4 Å². The third-order valence-electron chi connectivity index (χ3n) is 7.20. The fourth-order valence-electron chi connectivity index (χ4n) is 4.57. The molecular weight excluding hydrogens is 860 g/mol. The van der Waals surface area contributed by atoms with Crippen LogP contribution in [0.3, 0.4) is 0 Å². The number of hydrogen-bond donors (Lipinski definition) is 6. The van der Waals surface area contributed by atoms with Crippen LogP contribution in [0, 0.1) is 0 Å². The minimum absolute atomic E-state index is 0.00244. The number of fused-ring (bicyclic) bond motifs is 2. The quantitative estimate of drug-likeness (QED) is 0.106. The van der Waals surface area contributed by atoms with Crippen LogP contribution in [0.4, 0.5) is 32.2 Å². The predicted octanol–water partition coefficient (Wildman–Crippen LogP) is 4.90. The molecule has 6 N–H and O–H groups in total. The van der Waals surface area contributed by atoms with Crippen molar-refractivity contribution in [2.24, 2.45) is 0 Å². The summed E-state index contributed by atoms with van der Waals surface area (Å²) >= 11 is 7.69. The molecule has 0 bridgehead atoms. The van der Waals surface area contributed by atoms with E-state index in [2.05, 4.69) is 76.5 Å². The van der Waals surface area contributed by atoms with Crippen molar-refractivity contribution < 1.29 is 45.5 Å². The molecule has 7 heterocycles. The first kappa shape index (κ1) is 43.4. The van der Waals surface area contributed by atoms with Gasteiger partial charge in [-0.1, -0.05) is 11.6 Å². The Morgan fingerprint density at radius 3 is 1.93 bits per heavy atom. The Kier molecular flexibility index (Phi) is 14.1. The van der Waals surface area contributed by atoms with Gasteiger partial charge in [-0.2, -0.15) is 36.5 Å². The summed E-state index contributed by atoms with van der Waals surface area (Å²) in [5.74, 6) is -2.09. The number of carbonyl (C=O) groups is 4. The molecular formula is C31H24ClF6N15O4S2. The molecule has 4 amide bonds. The molecule has 308 valence electrons. The first-order chi connectivity index (χ1) is 28.0. The summed E-state index contributed by atoms with van der Waals surface area (Å²) in [5.41, 5.74) is 0.136. The van der Waals surface area contributed by atoms with E-state index in [9.17, 15) is 45.5 Å². The third-order valence-corrected chi connectivity index (χ3v) is 9.67. The van der Waals surface area contributed by atoms with Gasteiger partial charge < -0.3 is 21.3 Å². The maximum Gasteiger partial charge on any atom is 0.418 e. The Labute approximate surface area is 337 Å². The summed E-state index contributed by atoms with van der Waals surface area (Å²) in [4.78, 5) is 77.1. The average molecular weight is 884 g/mol. The van der Waals surface area contributed by atoms with Crippen molar-refractivity contribution in [3.63, 3.8) is 0 Å². The van der Waals surface area contributed by atoms with Gasteiger partial charge in [0, 0.05) is 13.2 Å². The highest BCUT2D eigenvalue weighted by atomic mass is 35.5. The van der Waals surface area contributed by atoms with Crippen LogP contribution in [0.15, 0.2) is 49.7 Å². The predicted molar refractivity (Wildman–Crippen MR) is 197 cm³/mol. The number of pyridine rings is 1. The zero-order valence-corrected chi connectivity index (χ0v) is 32.0. The van der Waals surface area contributed by atoms with E-state index in [4.69, 9.17) is 11.6 Å². The van der Waals surface area contributed by atoms with Crippen LogP contribution in [-0.4, -0.2) is 92.6 Å². The molecule has 28 heteroatoms. The number of halogens is 7. The number of aromatic amines is 2. The van der Waals surface area contributed by atoms with E-state index in [1.54, 1.807) is 14.0 Å². The van der Waals surface area contributed by atoms with E-state index < -0.39 is 35.3 Å². The van der Waals surface area contributed by atoms with Gasteiger partial charge in [0.25, 0.3) is 23.6 Å². The summed E-state index contributed by atoms with van der Waals surface area (Å²) in [7, 11) is 1.55. The van der Waals surface area contributed by atoms with Crippen LogP contribution in [0.1, 0.15) is 68.9 Å². The fourth-order valence-corrected chi connectivity index (χ4v) is 6.40. The van der Waals surface area contributed by atoms with E-state index in [-0.39, 0.29) is 46.5 Å². The van der Waals surface area contributed by atoms with Gasteiger partial charge in [0.05, 0.1) is 58.7 Å². The van der Waals surface area contributed by atoms with Crippen LogP contribution in [0.5, 0.6) is 0 Å². The number of anilines is 1. The Morgan fingerprint density at radius 2 is 1.34 bits per heavy atom. The maximum atomic E-state index is 13.0. The summed E-state index contributed by atoms with van der Waals surface area (Å²) in [6, 6.07) is 0.281. The standard InChI is InChI=1S/C17H10ClF3N8O2S.C13H13N7O2S.CHF3/c18-9-3-22-11(1-8(9)17(19,20)21)28-15(30)10-4-23-12(32-10)5-24-16(31)13-7-2-27-29-14(7)26-6-25-13;1-6(13-15-4-8(23-13)11(21)14-2)19-12(22)9-7-3-18-20-10(7)17-5-16-9;2-1(3)4/h1-4,6H,5H2,(H,24,31)(H,22,28,30)(H,25,26,27,29);3-6H,1-2H3,(H,14,21)(H,19,22)(H,16,17,18,20);1H/t;6-;/m.0./s1. The van der Waals surface area contributed by atoms with Crippen molar-refractivity contribution in [3.8, 4) is 0 Å². The molecule has 0 aliphatic carbocycles. The highest BCUT2D eigenvalue weighted by Gasteiger charge is 2.34. The van der Waals surface area contributed by atoms with Crippen molar-refractivity contribution in [3.05, 3.63) is 91.4 Å². The lowest BCUT2D eigenvalue weighted by Gasteiger charge is -2.10. The van der Waals surface area contributed by atoms with Gasteiger partial charge in [-0.15, -0.1) is 22.7 Å². The van der Waals surface area contributed by atoms with Gasteiger partial charge in [-0.25, -0.2) is 34.9 Å². The number of hydrogen-bond acceptors (Lipinski definition) is 15. The smallest absolute Gasteiger partial charge is 0.354 e. The molecule has 0 spiro atoms. The second-order valence-corrected chi connectivity index (χ2v) is 13.7. The fraction of sp³-hybridized carbons (Fsp3) is 0.194. The molecule has 7 rings (SSSR count). The summed E-state index contributed by atoms with van der Waals surface area (Å²) in [5, 5.41) is 24.6. The molecule has 0 aliphatic rings. The molecule has 0 saturated carbocycles. The van der Waals surface area contributed by atoms with Gasteiger partial charge in [0.15, 0.2) is 11.3 Å². The summed E-state index contributed by atoms with van der Waals surface area (Å²) < 4.78 is 67.9. The zero-order valence-electron chi connectivity index (χ0n) is 29.6. The topological polar surface area (TPSA) is 264 Å².